The van der Waals surface area contributed by atoms with Gasteiger partial charge in [0.2, 0.25) is 0 Å². The van der Waals surface area contributed by atoms with Crippen molar-refractivity contribution >= 4 is 16.7 Å². The normalized spacial score (nSPS) is 15.4. The Morgan fingerprint density at radius 2 is 1.85 bits per heavy atom. The molecule has 5 nitrogen and oxygen atoms in total. The summed E-state index contributed by atoms with van der Waals surface area (Å²) in [5.41, 5.74) is 4.55. The maximum Gasteiger partial charge on any atom is 0.336 e. The van der Waals surface area contributed by atoms with Gasteiger partial charge in [0.25, 0.3) is 0 Å². The highest BCUT2D eigenvalue weighted by Gasteiger charge is 2.23. The fourth-order valence-corrected chi connectivity index (χ4v) is 3.91. The molecule has 0 aliphatic carbocycles. The lowest BCUT2D eigenvalue weighted by Crippen LogP contribution is -3.13. The first-order valence-corrected chi connectivity index (χ1v) is 9.42. The van der Waals surface area contributed by atoms with Crippen LogP contribution in [0.3, 0.4) is 0 Å². The van der Waals surface area contributed by atoms with Gasteiger partial charge in [-0.25, -0.2) is 4.79 Å². The Bertz CT molecular complexity index is 1030. The molecule has 1 aliphatic heterocycles. The summed E-state index contributed by atoms with van der Waals surface area (Å²) in [5.74, 6) is 0.332. The molecule has 0 unspecified atom stereocenters. The molecule has 1 aromatic heterocycles. The third-order valence-corrected chi connectivity index (χ3v) is 5.65. The minimum Gasteiger partial charge on any atom is -0.506 e. The second-order valence-electron chi connectivity index (χ2n) is 7.38. The van der Waals surface area contributed by atoms with Crippen LogP contribution in [-0.2, 0) is 6.54 Å². The summed E-state index contributed by atoms with van der Waals surface area (Å²) in [5, 5.41) is 11.1. The number of para-hydroxylation sites is 2. The summed E-state index contributed by atoms with van der Waals surface area (Å²) in [7, 11) is 0. The third kappa shape index (κ3) is 3.43. The number of phenols is 1. The van der Waals surface area contributed by atoms with E-state index in [1.807, 2.05) is 32.0 Å². The van der Waals surface area contributed by atoms with Crippen LogP contribution >= 0.6 is 0 Å². The van der Waals surface area contributed by atoms with E-state index in [1.165, 1.54) is 4.90 Å². The molecular formula is C22H25N2O3+. The number of phenolic OH excluding ortho intramolecular Hbond substituents is 1. The molecule has 1 fully saturated rings. The summed E-state index contributed by atoms with van der Waals surface area (Å²) < 4.78 is 5.49. The molecule has 0 atom stereocenters. The van der Waals surface area contributed by atoms with Gasteiger partial charge >= 0.3 is 5.63 Å². The van der Waals surface area contributed by atoms with E-state index >= 15 is 0 Å². The van der Waals surface area contributed by atoms with Crippen molar-refractivity contribution in [2.45, 2.75) is 20.4 Å². The smallest absolute Gasteiger partial charge is 0.336 e. The lowest BCUT2D eigenvalue weighted by molar-refractivity contribution is -0.914. The minimum atomic E-state index is -0.279. The van der Waals surface area contributed by atoms with Crippen LogP contribution in [0.1, 0.15) is 16.7 Å². The van der Waals surface area contributed by atoms with Crippen molar-refractivity contribution in [1.29, 1.82) is 0 Å². The maximum absolute atomic E-state index is 12.1. The number of nitrogens with zero attached hydrogens (tertiary/aromatic N) is 1. The number of rotatable bonds is 3. The zero-order valence-electron chi connectivity index (χ0n) is 15.8. The molecule has 140 valence electrons. The summed E-state index contributed by atoms with van der Waals surface area (Å²) in [6.45, 7) is 8.52. The zero-order valence-corrected chi connectivity index (χ0v) is 15.8. The Hall–Kier alpha value is -2.79. The molecule has 0 saturated carbocycles. The molecule has 4 rings (SSSR count). The van der Waals surface area contributed by atoms with Crippen LogP contribution in [0, 0.1) is 13.8 Å². The lowest BCUT2D eigenvalue weighted by Gasteiger charge is -2.34. The summed E-state index contributed by atoms with van der Waals surface area (Å²) >= 11 is 0. The molecule has 2 aromatic carbocycles. The molecule has 0 spiro atoms. The third-order valence-electron chi connectivity index (χ3n) is 5.65. The Morgan fingerprint density at radius 3 is 2.59 bits per heavy atom. The van der Waals surface area contributed by atoms with Crippen LogP contribution in [0.2, 0.25) is 0 Å². The standard InChI is InChI=1S/C22H24N2O3/c1-15-7-8-18-17(13-21(26)27-22(18)16(15)2)14-23-9-11-24(12-10-23)19-5-3-4-6-20(19)25/h3-8,13,25H,9-12,14H2,1-2H3/p+1. The van der Waals surface area contributed by atoms with Gasteiger partial charge < -0.3 is 19.3 Å². The first-order valence-electron chi connectivity index (χ1n) is 9.42. The zero-order chi connectivity index (χ0) is 19.0. The average Bonchev–Trinajstić information content (AvgIpc) is 2.66. The van der Waals surface area contributed by atoms with Gasteiger partial charge in [-0.15, -0.1) is 0 Å². The van der Waals surface area contributed by atoms with Gasteiger partial charge in [-0.1, -0.05) is 24.3 Å². The highest BCUT2D eigenvalue weighted by molar-refractivity contribution is 5.83. The maximum atomic E-state index is 12.1. The quantitative estimate of drug-likeness (QED) is 0.698. The molecule has 0 bridgehead atoms. The van der Waals surface area contributed by atoms with E-state index in [0.29, 0.717) is 11.3 Å². The van der Waals surface area contributed by atoms with Crippen LogP contribution < -0.4 is 15.4 Å². The summed E-state index contributed by atoms with van der Waals surface area (Å²) in [6, 6.07) is 13.3. The van der Waals surface area contributed by atoms with E-state index in [9.17, 15) is 9.90 Å². The predicted molar refractivity (Wildman–Crippen MR) is 107 cm³/mol. The van der Waals surface area contributed by atoms with Crippen LogP contribution in [0.15, 0.2) is 51.7 Å². The molecule has 0 radical (unpaired) electrons. The van der Waals surface area contributed by atoms with Crippen LogP contribution in [0.5, 0.6) is 5.75 Å². The van der Waals surface area contributed by atoms with Crippen LogP contribution in [0.25, 0.3) is 11.0 Å². The van der Waals surface area contributed by atoms with E-state index < -0.39 is 0 Å². The molecule has 1 saturated heterocycles. The number of quaternary nitrogens is 1. The topological polar surface area (TPSA) is 58.1 Å². The van der Waals surface area contributed by atoms with Gasteiger partial charge in [0.15, 0.2) is 0 Å². The number of nitrogens with one attached hydrogen (secondary N) is 1. The number of hydrogen-bond donors (Lipinski definition) is 2. The number of aryl methyl sites for hydroxylation is 2. The monoisotopic (exact) mass is 365 g/mol. The second kappa shape index (κ2) is 7.08. The van der Waals surface area contributed by atoms with Crippen molar-refractivity contribution in [3.63, 3.8) is 0 Å². The van der Waals surface area contributed by atoms with Crippen molar-refractivity contribution in [1.82, 2.24) is 0 Å². The lowest BCUT2D eigenvalue weighted by atomic mass is 10.0. The van der Waals surface area contributed by atoms with E-state index in [0.717, 1.165) is 60.5 Å². The molecule has 0 amide bonds. The van der Waals surface area contributed by atoms with Gasteiger partial charge in [-0.2, -0.15) is 0 Å². The highest BCUT2D eigenvalue weighted by atomic mass is 16.4. The van der Waals surface area contributed by atoms with E-state index in [1.54, 1.807) is 12.1 Å². The summed E-state index contributed by atoms with van der Waals surface area (Å²) in [4.78, 5) is 15.7. The van der Waals surface area contributed by atoms with Gasteiger partial charge in [0.05, 0.1) is 31.9 Å². The van der Waals surface area contributed by atoms with E-state index in [4.69, 9.17) is 4.42 Å². The van der Waals surface area contributed by atoms with Gasteiger partial charge in [0.1, 0.15) is 17.9 Å². The first kappa shape index (κ1) is 17.6. The molecule has 5 heteroatoms. The van der Waals surface area contributed by atoms with Gasteiger partial charge in [-0.3, -0.25) is 0 Å². The first-order chi connectivity index (χ1) is 13.0. The molecule has 2 heterocycles. The van der Waals surface area contributed by atoms with Crippen molar-refractivity contribution in [3.8, 4) is 5.75 Å². The van der Waals surface area contributed by atoms with Gasteiger partial charge in [0, 0.05) is 17.0 Å². The summed E-state index contributed by atoms with van der Waals surface area (Å²) in [6.07, 6.45) is 0. The molecule has 1 aliphatic rings. The fraction of sp³-hybridized carbons (Fsp3) is 0.318. The second-order valence-corrected chi connectivity index (χ2v) is 7.38. The van der Waals surface area contributed by atoms with Crippen LogP contribution in [-0.4, -0.2) is 31.3 Å². The van der Waals surface area contributed by atoms with Crippen LogP contribution in [0.4, 0.5) is 5.69 Å². The number of anilines is 1. The number of piperazine rings is 1. The number of hydrogen-bond acceptors (Lipinski definition) is 4. The molecule has 3 aromatic rings. The predicted octanol–water partition coefficient (Wildman–Crippen LogP) is 2.02. The van der Waals surface area contributed by atoms with E-state index in [-0.39, 0.29) is 5.63 Å². The highest BCUT2D eigenvalue weighted by Crippen LogP contribution is 2.26. The fourth-order valence-electron chi connectivity index (χ4n) is 3.91. The molecular weight excluding hydrogens is 340 g/mol. The van der Waals surface area contributed by atoms with Crippen molar-refractivity contribution in [2.75, 3.05) is 31.1 Å². The number of benzene rings is 2. The molecule has 27 heavy (non-hydrogen) atoms. The Balaban J connectivity index is 1.54. The Morgan fingerprint density at radius 1 is 1.11 bits per heavy atom. The van der Waals surface area contributed by atoms with Crippen molar-refractivity contribution < 1.29 is 14.4 Å². The number of aromatic hydroxyl groups is 1. The van der Waals surface area contributed by atoms with Crippen molar-refractivity contribution in [2.24, 2.45) is 0 Å². The Labute approximate surface area is 158 Å². The largest absolute Gasteiger partial charge is 0.506 e. The van der Waals surface area contributed by atoms with E-state index in [2.05, 4.69) is 17.0 Å². The minimum absolute atomic E-state index is 0.279. The van der Waals surface area contributed by atoms with Crippen molar-refractivity contribution in [3.05, 3.63) is 69.6 Å². The SMILES string of the molecule is Cc1ccc2c(C[NH+]3CCN(c4ccccc4O)CC3)cc(=O)oc2c1C. The Kier molecular flexibility index (Phi) is 4.62. The average molecular weight is 365 g/mol. The molecule has 2 N–H and O–H groups in total. The van der Waals surface area contributed by atoms with Gasteiger partial charge in [-0.05, 0) is 37.1 Å². The number of fused-ring (bicyclic) bond motifs is 1.